The van der Waals surface area contributed by atoms with Crippen LogP contribution in [0.5, 0.6) is 0 Å². The molecule has 1 aliphatic heterocycles. The van der Waals surface area contributed by atoms with Crippen molar-refractivity contribution in [1.82, 2.24) is 5.32 Å². The number of para-hydroxylation sites is 1. The molecule has 1 heterocycles. The van der Waals surface area contributed by atoms with Gasteiger partial charge in [0.2, 0.25) is 5.91 Å². The topological polar surface area (TPSA) is 50.4 Å². The van der Waals surface area contributed by atoms with Crippen molar-refractivity contribution in [2.24, 2.45) is 0 Å². The average molecular weight is 269 g/mol. The van der Waals surface area contributed by atoms with Gasteiger partial charge in [0.25, 0.3) is 0 Å². The highest BCUT2D eigenvalue weighted by molar-refractivity contribution is 6.33. The molecular formula is C13H17ClN2O2. The van der Waals surface area contributed by atoms with E-state index in [1.807, 2.05) is 12.1 Å². The first-order valence-electron chi connectivity index (χ1n) is 6.11. The molecule has 0 radical (unpaired) electrons. The summed E-state index contributed by atoms with van der Waals surface area (Å²) in [6.07, 6.45) is 2.30. The Morgan fingerprint density at radius 3 is 3.06 bits per heavy atom. The van der Waals surface area contributed by atoms with E-state index < -0.39 is 0 Å². The van der Waals surface area contributed by atoms with Crippen LogP contribution in [0, 0.1) is 0 Å². The van der Waals surface area contributed by atoms with Crippen molar-refractivity contribution in [2.45, 2.75) is 18.9 Å². The number of ether oxygens (including phenoxy) is 1. The monoisotopic (exact) mass is 268 g/mol. The third kappa shape index (κ3) is 3.98. The van der Waals surface area contributed by atoms with E-state index in [9.17, 15) is 4.79 Å². The highest BCUT2D eigenvalue weighted by Gasteiger charge is 2.14. The normalized spacial score (nSPS) is 18.8. The van der Waals surface area contributed by atoms with Gasteiger partial charge in [-0.3, -0.25) is 4.79 Å². The predicted octanol–water partition coefficient (Wildman–Crippen LogP) is 2.05. The Bertz CT molecular complexity index is 406. The summed E-state index contributed by atoms with van der Waals surface area (Å²) in [4.78, 5) is 11.6. The minimum Gasteiger partial charge on any atom is -0.370 e. The highest BCUT2D eigenvalue weighted by Crippen LogP contribution is 2.20. The number of carbonyl (C=O) groups is 1. The molecule has 1 fully saturated rings. The third-order valence-corrected chi connectivity index (χ3v) is 3.19. The van der Waals surface area contributed by atoms with Gasteiger partial charge in [0.05, 0.1) is 17.3 Å². The van der Waals surface area contributed by atoms with Crippen molar-refractivity contribution >= 4 is 23.2 Å². The molecule has 4 nitrogen and oxygen atoms in total. The van der Waals surface area contributed by atoms with E-state index in [2.05, 4.69) is 10.6 Å². The summed E-state index contributed by atoms with van der Waals surface area (Å²) in [6.45, 7) is 1.68. The van der Waals surface area contributed by atoms with Crippen molar-refractivity contribution < 1.29 is 9.53 Å². The van der Waals surface area contributed by atoms with Gasteiger partial charge in [-0.05, 0) is 31.5 Å². The molecule has 2 rings (SSSR count). The summed E-state index contributed by atoms with van der Waals surface area (Å²) >= 11 is 5.94. The van der Waals surface area contributed by atoms with Crippen LogP contribution in [0.1, 0.15) is 12.8 Å². The van der Waals surface area contributed by atoms with E-state index in [-0.39, 0.29) is 12.5 Å². The molecule has 1 aromatic carbocycles. The van der Waals surface area contributed by atoms with Crippen LogP contribution in [-0.2, 0) is 9.53 Å². The molecule has 1 saturated heterocycles. The smallest absolute Gasteiger partial charge is 0.250 e. The Morgan fingerprint density at radius 1 is 1.50 bits per heavy atom. The van der Waals surface area contributed by atoms with E-state index in [4.69, 9.17) is 16.3 Å². The summed E-state index contributed by atoms with van der Waals surface area (Å²) in [7, 11) is 0. The summed E-state index contributed by atoms with van der Waals surface area (Å²) in [6, 6.07) is 7.53. The number of nitrogens with one attached hydrogen (secondary N) is 2. The van der Waals surface area contributed by atoms with Gasteiger partial charge in [-0.2, -0.15) is 0 Å². The molecular weight excluding hydrogens is 252 g/mol. The zero-order chi connectivity index (χ0) is 12.8. The number of hydrogen-bond donors (Lipinski definition) is 2. The van der Waals surface area contributed by atoms with Gasteiger partial charge in [-0.15, -0.1) is 0 Å². The van der Waals surface area contributed by atoms with Crippen LogP contribution in [-0.4, -0.2) is 31.7 Å². The Hall–Kier alpha value is -1.10. The van der Waals surface area contributed by atoms with Crippen molar-refractivity contribution in [3.05, 3.63) is 29.3 Å². The summed E-state index contributed by atoms with van der Waals surface area (Å²) < 4.78 is 5.37. The standard InChI is InChI=1S/C13H17ClN2O2/c14-11-5-1-2-6-12(11)16-13(17)9-18-8-10-4-3-7-15-10/h1-2,5-6,10,15H,3-4,7-9H2,(H,16,17). The van der Waals surface area contributed by atoms with Gasteiger partial charge in [0.1, 0.15) is 6.61 Å². The number of amides is 1. The second-order valence-corrected chi connectivity index (χ2v) is 4.74. The third-order valence-electron chi connectivity index (χ3n) is 2.86. The van der Waals surface area contributed by atoms with Crippen LogP contribution in [0.3, 0.4) is 0 Å². The van der Waals surface area contributed by atoms with E-state index in [1.54, 1.807) is 12.1 Å². The molecule has 1 unspecified atom stereocenters. The molecule has 1 aromatic rings. The van der Waals surface area contributed by atoms with Crippen molar-refractivity contribution in [1.29, 1.82) is 0 Å². The fraction of sp³-hybridized carbons (Fsp3) is 0.462. The molecule has 1 amide bonds. The van der Waals surface area contributed by atoms with E-state index in [0.29, 0.717) is 23.4 Å². The van der Waals surface area contributed by atoms with Gasteiger partial charge in [-0.25, -0.2) is 0 Å². The molecule has 0 saturated carbocycles. The lowest BCUT2D eigenvalue weighted by atomic mass is 10.2. The molecule has 0 aromatic heterocycles. The molecule has 18 heavy (non-hydrogen) atoms. The van der Waals surface area contributed by atoms with Gasteiger partial charge in [-0.1, -0.05) is 23.7 Å². The van der Waals surface area contributed by atoms with Crippen LogP contribution in [0.25, 0.3) is 0 Å². The van der Waals surface area contributed by atoms with Crippen LogP contribution in [0.2, 0.25) is 5.02 Å². The predicted molar refractivity (Wildman–Crippen MR) is 71.9 cm³/mol. The summed E-state index contributed by atoms with van der Waals surface area (Å²) in [5.74, 6) is -0.180. The second-order valence-electron chi connectivity index (χ2n) is 4.34. The molecule has 0 spiro atoms. The Kier molecular flexibility index (Phi) is 4.99. The van der Waals surface area contributed by atoms with Crippen molar-refractivity contribution in [2.75, 3.05) is 25.1 Å². The highest BCUT2D eigenvalue weighted by atomic mass is 35.5. The Morgan fingerprint density at radius 2 is 2.33 bits per heavy atom. The number of hydrogen-bond acceptors (Lipinski definition) is 3. The fourth-order valence-corrected chi connectivity index (χ4v) is 2.12. The lowest BCUT2D eigenvalue weighted by Gasteiger charge is -2.11. The van der Waals surface area contributed by atoms with Gasteiger partial charge in [0, 0.05) is 6.04 Å². The molecule has 1 atom stereocenters. The Balaban J connectivity index is 1.70. The van der Waals surface area contributed by atoms with Gasteiger partial charge >= 0.3 is 0 Å². The van der Waals surface area contributed by atoms with Crippen LogP contribution in [0.15, 0.2) is 24.3 Å². The number of halogens is 1. The zero-order valence-electron chi connectivity index (χ0n) is 10.1. The Labute approximate surface area is 112 Å². The maximum Gasteiger partial charge on any atom is 0.250 e. The maximum atomic E-state index is 11.6. The van der Waals surface area contributed by atoms with Crippen LogP contribution < -0.4 is 10.6 Å². The van der Waals surface area contributed by atoms with Gasteiger partial charge in [0.15, 0.2) is 0 Å². The molecule has 98 valence electrons. The molecule has 0 aliphatic carbocycles. The molecule has 0 bridgehead atoms. The molecule has 1 aliphatic rings. The van der Waals surface area contributed by atoms with E-state index in [0.717, 1.165) is 13.0 Å². The number of rotatable bonds is 5. The number of carbonyl (C=O) groups excluding carboxylic acids is 1. The SMILES string of the molecule is O=C(COCC1CCCN1)Nc1ccccc1Cl. The molecule has 5 heteroatoms. The van der Waals surface area contributed by atoms with Crippen LogP contribution >= 0.6 is 11.6 Å². The summed E-state index contributed by atoms with van der Waals surface area (Å²) in [5.41, 5.74) is 0.617. The lowest BCUT2D eigenvalue weighted by Crippen LogP contribution is -2.29. The first-order chi connectivity index (χ1) is 8.75. The molecule has 2 N–H and O–H groups in total. The van der Waals surface area contributed by atoms with Crippen LogP contribution in [0.4, 0.5) is 5.69 Å². The summed E-state index contributed by atoms with van der Waals surface area (Å²) in [5, 5.41) is 6.56. The quantitative estimate of drug-likeness (QED) is 0.859. The minimum absolute atomic E-state index is 0.0589. The van der Waals surface area contributed by atoms with Crippen molar-refractivity contribution in [3.63, 3.8) is 0 Å². The minimum atomic E-state index is -0.180. The maximum absolute atomic E-state index is 11.6. The first-order valence-corrected chi connectivity index (χ1v) is 6.49. The fourth-order valence-electron chi connectivity index (χ4n) is 1.94. The zero-order valence-corrected chi connectivity index (χ0v) is 10.9. The van der Waals surface area contributed by atoms with Gasteiger partial charge < -0.3 is 15.4 Å². The van der Waals surface area contributed by atoms with E-state index >= 15 is 0 Å². The number of benzene rings is 1. The first kappa shape index (κ1) is 13.3. The van der Waals surface area contributed by atoms with Crippen molar-refractivity contribution in [3.8, 4) is 0 Å². The number of anilines is 1. The second kappa shape index (κ2) is 6.73. The largest absolute Gasteiger partial charge is 0.370 e. The van der Waals surface area contributed by atoms with E-state index in [1.165, 1.54) is 6.42 Å². The lowest BCUT2D eigenvalue weighted by molar-refractivity contribution is -0.120. The average Bonchev–Trinajstić information content (AvgIpc) is 2.85.